The molecule has 0 saturated carbocycles. The maximum absolute atomic E-state index is 12.5. The number of rotatable bonds is 6. The number of carbonyl (C=O) groups is 1. The summed E-state index contributed by atoms with van der Waals surface area (Å²) in [6, 6.07) is 13.3. The van der Waals surface area contributed by atoms with Gasteiger partial charge in [-0.25, -0.2) is 4.98 Å². The Morgan fingerprint density at radius 2 is 2.00 bits per heavy atom. The first-order valence-electron chi connectivity index (χ1n) is 6.68. The van der Waals surface area contributed by atoms with Crippen LogP contribution in [0.1, 0.15) is 15.9 Å². The molecule has 0 fully saturated rings. The van der Waals surface area contributed by atoms with Gasteiger partial charge < -0.3 is 10.0 Å². The van der Waals surface area contributed by atoms with Gasteiger partial charge in [0.15, 0.2) is 0 Å². The molecule has 0 saturated heterocycles. The fourth-order valence-electron chi connectivity index (χ4n) is 1.99. The number of thioether (sulfide) groups is 1. The van der Waals surface area contributed by atoms with Gasteiger partial charge in [-0.15, -0.1) is 11.8 Å². The normalized spacial score (nSPS) is 10.4. The lowest BCUT2D eigenvalue weighted by Gasteiger charge is -2.22. The second-order valence-electron chi connectivity index (χ2n) is 4.53. The molecule has 0 aliphatic heterocycles. The lowest BCUT2D eigenvalue weighted by molar-refractivity contribution is 0.0707. The molecular formula is C16H18N2O2S. The van der Waals surface area contributed by atoms with Gasteiger partial charge in [-0.05, 0) is 24.0 Å². The van der Waals surface area contributed by atoms with Gasteiger partial charge >= 0.3 is 0 Å². The van der Waals surface area contributed by atoms with Crippen LogP contribution in [0, 0.1) is 0 Å². The van der Waals surface area contributed by atoms with Gasteiger partial charge in [-0.3, -0.25) is 4.79 Å². The molecule has 1 aromatic carbocycles. The van der Waals surface area contributed by atoms with Gasteiger partial charge in [-0.1, -0.05) is 30.3 Å². The minimum atomic E-state index is -0.118. The number of amides is 1. The van der Waals surface area contributed by atoms with E-state index in [0.29, 0.717) is 18.7 Å². The maximum Gasteiger partial charge on any atom is 0.255 e. The number of aromatic nitrogens is 1. The summed E-state index contributed by atoms with van der Waals surface area (Å²) < 4.78 is 0. The molecule has 1 amide bonds. The lowest BCUT2D eigenvalue weighted by Crippen LogP contribution is -2.33. The van der Waals surface area contributed by atoms with E-state index in [2.05, 4.69) is 4.98 Å². The molecule has 5 heteroatoms. The molecule has 0 atom stereocenters. The number of hydrogen-bond donors (Lipinski definition) is 1. The van der Waals surface area contributed by atoms with E-state index < -0.39 is 0 Å². The van der Waals surface area contributed by atoms with Crippen LogP contribution >= 0.6 is 11.8 Å². The van der Waals surface area contributed by atoms with Crippen LogP contribution in [-0.4, -0.2) is 40.3 Å². The van der Waals surface area contributed by atoms with Crippen LogP contribution in [-0.2, 0) is 6.54 Å². The number of pyridine rings is 1. The SMILES string of the molecule is CSc1ccc(C(=O)N(CCO)Cc2ccccc2)cn1. The standard InChI is InChI=1S/C16H18N2O2S/c1-21-15-8-7-14(11-17-15)16(20)18(9-10-19)12-13-5-3-2-4-6-13/h2-8,11,19H,9-10,12H2,1H3. The number of benzene rings is 1. The Labute approximate surface area is 128 Å². The van der Waals surface area contributed by atoms with Crippen LogP contribution in [0.2, 0.25) is 0 Å². The fraction of sp³-hybridized carbons (Fsp3) is 0.250. The minimum absolute atomic E-state index is 0.0606. The molecule has 0 unspecified atom stereocenters. The van der Waals surface area contributed by atoms with Crippen molar-refractivity contribution in [2.75, 3.05) is 19.4 Å². The number of carbonyl (C=O) groups excluding carboxylic acids is 1. The number of hydrogen-bond acceptors (Lipinski definition) is 4. The largest absolute Gasteiger partial charge is 0.395 e. The summed E-state index contributed by atoms with van der Waals surface area (Å²) in [6.45, 7) is 0.720. The summed E-state index contributed by atoms with van der Waals surface area (Å²) in [5.41, 5.74) is 1.57. The van der Waals surface area contributed by atoms with Gasteiger partial charge in [0.2, 0.25) is 0 Å². The van der Waals surface area contributed by atoms with E-state index in [1.54, 1.807) is 17.2 Å². The molecule has 1 heterocycles. The van der Waals surface area contributed by atoms with E-state index in [9.17, 15) is 9.90 Å². The summed E-state index contributed by atoms with van der Waals surface area (Å²) in [4.78, 5) is 18.4. The Hall–Kier alpha value is -1.85. The first kappa shape index (κ1) is 15.5. The Morgan fingerprint density at radius 3 is 2.57 bits per heavy atom. The van der Waals surface area contributed by atoms with E-state index in [1.165, 1.54) is 11.8 Å². The highest BCUT2D eigenvalue weighted by Gasteiger charge is 2.16. The van der Waals surface area contributed by atoms with E-state index >= 15 is 0 Å². The molecule has 0 spiro atoms. The van der Waals surface area contributed by atoms with Crippen LogP contribution in [0.25, 0.3) is 0 Å². The molecule has 21 heavy (non-hydrogen) atoms. The molecule has 4 nitrogen and oxygen atoms in total. The van der Waals surface area contributed by atoms with Crippen molar-refractivity contribution >= 4 is 17.7 Å². The second-order valence-corrected chi connectivity index (χ2v) is 5.35. The summed E-state index contributed by atoms with van der Waals surface area (Å²) in [5.74, 6) is -0.118. The Kier molecular flexibility index (Phi) is 5.78. The van der Waals surface area contributed by atoms with Gasteiger partial charge in [0, 0.05) is 19.3 Å². The predicted molar refractivity (Wildman–Crippen MR) is 84.3 cm³/mol. The quantitative estimate of drug-likeness (QED) is 0.833. The van der Waals surface area contributed by atoms with Gasteiger partial charge in [-0.2, -0.15) is 0 Å². The predicted octanol–water partition coefficient (Wildman–Crippen LogP) is 2.44. The minimum Gasteiger partial charge on any atom is -0.395 e. The van der Waals surface area contributed by atoms with Crippen LogP contribution in [0.3, 0.4) is 0 Å². The molecular weight excluding hydrogens is 284 g/mol. The second kappa shape index (κ2) is 7.81. The summed E-state index contributed by atoms with van der Waals surface area (Å²) in [7, 11) is 0. The molecule has 0 aliphatic rings. The fourth-order valence-corrected chi connectivity index (χ4v) is 2.35. The van der Waals surface area contributed by atoms with Gasteiger partial charge in [0.25, 0.3) is 5.91 Å². The van der Waals surface area contributed by atoms with E-state index in [4.69, 9.17) is 0 Å². The maximum atomic E-state index is 12.5. The zero-order chi connectivity index (χ0) is 15.1. The monoisotopic (exact) mass is 302 g/mol. The molecule has 0 radical (unpaired) electrons. The van der Waals surface area contributed by atoms with Crippen molar-refractivity contribution in [2.24, 2.45) is 0 Å². The smallest absolute Gasteiger partial charge is 0.255 e. The number of nitrogens with zero attached hydrogens (tertiary/aromatic N) is 2. The van der Waals surface area contributed by atoms with Crippen molar-refractivity contribution in [3.63, 3.8) is 0 Å². The van der Waals surface area contributed by atoms with Gasteiger partial charge in [0.05, 0.1) is 17.2 Å². The first-order valence-corrected chi connectivity index (χ1v) is 7.91. The van der Waals surface area contributed by atoms with Crippen LogP contribution in [0.15, 0.2) is 53.7 Å². The van der Waals surface area contributed by atoms with Crippen LogP contribution in [0.5, 0.6) is 0 Å². The van der Waals surface area contributed by atoms with Gasteiger partial charge in [0.1, 0.15) is 0 Å². The van der Waals surface area contributed by atoms with Crippen LogP contribution in [0.4, 0.5) is 0 Å². The Balaban J connectivity index is 2.14. The first-order chi connectivity index (χ1) is 10.2. The highest BCUT2D eigenvalue weighted by Crippen LogP contribution is 2.14. The van der Waals surface area contributed by atoms with Crippen molar-refractivity contribution in [3.05, 3.63) is 59.8 Å². The molecule has 1 N–H and O–H groups in total. The molecule has 1 aromatic heterocycles. The average Bonchev–Trinajstić information content (AvgIpc) is 2.55. The van der Waals surface area contributed by atoms with E-state index in [1.807, 2.05) is 42.7 Å². The van der Waals surface area contributed by atoms with Crippen molar-refractivity contribution in [1.29, 1.82) is 0 Å². The number of aliphatic hydroxyl groups is 1. The van der Waals surface area contributed by atoms with E-state index in [0.717, 1.165) is 10.6 Å². The summed E-state index contributed by atoms with van der Waals surface area (Å²) in [6.07, 6.45) is 3.53. The number of aliphatic hydroxyl groups excluding tert-OH is 1. The third-order valence-electron chi connectivity index (χ3n) is 3.07. The van der Waals surface area contributed by atoms with Crippen LogP contribution < -0.4 is 0 Å². The zero-order valence-corrected chi connectivity index (χ0v) is 12.7. The summed E-state index contributed by atoms with van der Waals surface area (Å²) >= 11 is 1.53. The van der Waals surface area contributed by atoms with Crippen molar-refractivity contribution in [3.8, 4) is 0 Å². The molecule has 0 aliphatic carbocycles. The third kappa shape index (κ3) is 4.31. The average molecular weight is 302 g/mol. The molecule has 2 rings (SSSR count). The van der Waals surface area contributed by atoms with E-state index in [-0.39, 0.29) is 12.5 Å². The summed E-state index contributed by atoms with van der Waals surface area (Å²) in [5, 5.41) is 10.1. The highest BCUT2D eigenvalue weighted by atomic mass is 32.2. The Bertz CT molecular complexity index is 573. The highest BCUT2D eigenvalue weighted by molar-refractivity contribution is 7.98. The van der Waals surface area contributed by atoms with Crippen molar-refractivity contribution in [2.45, 2.75) is 11.6 Å². The third-order valence-corrected chi connectivity index (χ3v) is 3.73. The molecule has 2 aromatic rings. The molecule has 0 bridgehead atoms. The molecule has 110 valence electrons. The topological polar surface area (TPSA) is 53.4 Å². The van der Waals surface area contributed by atoms with Crippen molar-refractivity contribution in [1.82, 2.24) is 9.88 Å². The Morgan fingerprint density at radius 1 is 1.24 bits per heavy atom. The zero-order valence-electron chi connectivity index (χ0n) is 11.9. The van der Waals surface area contributed by atoms with Crippen molar-refractivity contribution < 1.29 is 9.90 Å². The lowest BCUT2D eigenvalue weighted by atomic mass is 10.2.